The van der Waals surface area contributed by atoms with E-state index in [0.29, 0.717) is 5.41 Å². The zero-order valence-corrected chi connectivity index (χ0v) is 8.48. The molecule has 0 saturated heterocycles. The van der Waals surface area contributed by atoms with Gasteiger partial charge in [0.25, 0.3) is 0 Å². The van der Waals surface area contributed by atoms with Gasteiger partial charge in [-0.1, -0.05) is 40.5 Å². The molecule has 2 atom stereocenters. The van der Waals surface area contributed by atoms with Crippen molar-refractivity contribution < 1.29 is 0 Å². The monoisotopic (exact) mass is 154 g/mol. The molecule has 0 aromatic carbocycles. The molecule has 1 aliphatic carbocycles. The summed E-state index contributed by atoms with van der Waals surface area (Å²) in [6.07, 6.45) is 5.76. The fraction of sp³-hybridized carbons (Fsp3) is 1.00. The maximum absolute atomic E-state index is 2.43. The molecule has 0 heterocycles. The molecular weight excluding hydrogens is 132 g/mol. The van der Waals surface area contributed by atoms with Crippen molar-refractivity contribution in [3.05, 3.63) is 0 Å². The molecule has 11 heavy (non-hydrogen) atoms. The van der Waals surface area contributed by atoms with Gasteiger partial charge in [0.1, 0.15) is 0 Å². The molecule has 1 aliphatic rings. The van der Waals surface area contributed by atoms with Crippen LogP contribution in [0.4, 0.5) is 0 Å². The average Bonchev–Trinajstić information content (AvgIpc) is 2.03. The summed E-state index contributed by atoms with van der Waals surface area (Å²) in [6, 6.07) is 0. The molecule has 0 nitrogen and oxygen atoms in total. The fourth-order valence-electron chi connectivity index (χ4n) is 1.93. The van der Waals surface area contributed by atoms with Crippen LogP contribution in [0.5, 0.6) is 0 Å². The minimum Gasteiger partial charge on any atom is -0.0625 e. The third kappa shape index (κ3) is 2.21. The molecular formula is C11H22. The highest BCUT2D eigenvalue weighted by Gasteiger charge is 2.28. The Morgan fingerprint density at radius 1 is 1.00 bits per heavy atom. The topological polar surface area (TPSA) is 0 Å². The highest BCUT2D eigenvalue weighted by molar-refractivity contribution is 4.79. The fourth-order valence-corrected chi connectivity index (χ4v) is 1.93. The van der Waals surface area contributed by atoms with Crippen molar-refractivity contribution in [2.75, 3.05) is 0 Å². The number of hydrogen-bond acceptors (Lipinski definition) is 0. The first kappa shape index (κ1) is 9.09. The van der Waals surface area contributed by atoms with E-state index in [2.05, 4.69) is 27.7 Å². The van der Waals surface area contributed by atoms with Gasteiger partial charge in [-0.3, -0.25) is 0 Å². The molecule has 0 spiro atoms. The number of hydrogen-bond donors (Lipinski definition) is 0. The minimum absolute atomic E-state index is 0.602. The molecule has 2 unspecified atom stereocenters. The summed E-state index contributed by atoms with van der Waals surface area (Å²) in [6.45, 7) is 9.66. The first-order valence-electron chi connectivity index (χ1n) is 5.02. The van der Waals surface area contributed by atoms with Gasteiger partial charge >= 0.3 is 0 Å². The van der Waals surface area contributed by atoms with Gasteiger partial charge in [0.2, 0.25) is 0 Å². The van der Waals surface area contributed by atoms with Crippen LogP contribution in [0.3, 0.4) is 0 Å². The molecule has 0 aliphatic heterocycles. The van der Waals surface area contributed by atoms with Gasteiger partial charge in [0.15, 0.2) is 0 Å². The molecule has 0 heteroatoms. The maximum atomic E-state index is 2.43. The Labute approximate surface area is 71.4 Å². The zero-order chi connectivity index (χ0) is 8.48. The average molecular weight is 154 g/mol. The molecule has 1 saturated carbocycles. The summed E-state index contributed by atoms with van der Waals surface area (Å²) in [4.78, 5) is 0. The van der Waals surface area contributed by atoms with Gasteiger partial charge < -0.3 is 0 Å². The van der Waals surface area contributed by atoms with Crippen LogP contribution >= 0.6 is 0 Å². The van der Waals surface area contributed by atoms with Crippen molar-refractivity contribution in [1.29, 1.82) is 0 Å². The summed E-state index contributed by atoms with van der Waals surface area (Å²) < 4.78 is 0. The zero-order valence-electron chi connectivity index (χ0n) is 8.48. The molecule has 1 fully saturated rings. The van der Waals surface area contributed by atoms with Gasteiger partial charge in [-0.25, -0.2) is 0 Å². The van der Waals surface area contributed by atoms with E-state index >= 15 is 0 Å². The van der Waals surface area contributed by atoms with E-state index < -0.39 is 0 Å². The summed E-state index contributed by atoms with van der Waals surface area (Å²) >= 11 is 0. The second-order valence-corrected chi connectivity index (χ2v) is 5.11. The van der Waals surface area contributed by atoms with E-state index in [4.69, 9.17) is 0 Å². The van der Waals surface area contributed by atoms with Gasteiger partial charge in [0, 0.05) is 0 Å². The second kappa shape index (κ2) is 3.16. The Bertz CT molecular complexity index is 124. The molecule has 0 aromatic heterocycles. The van der Waals surface area contributed by atoms with Crippen LogP contribution in [0.2, 0.25) is 0 Å². The first-order valence-corrected chi connectivity index (χ1v) is 5.02. The summed E-state index contributed by atoms with van der Waals surface area (Å²) in [5.41, 5.74) is 0.602. The number of rotatable bonds is 0. The van der Waals surface area contributed by atoms with Gasteiger partial charge in [-0.05, 0) is 30.1 Å². The molecule has 0 amide bonds. The molecule has 0 aromatic rings. The Morgan fingerprint density at radius 3 is 2.27 bits per heavy atom. The summed E-state index contributed by atoms with van der Waals surface area (Å²) in [5.74, 6) is 1.90. The molecule has 0 radical (unpaired) electrons. The summed E-state index contributed by atoms with van der Waals surface area (Å²) in [7, 11) is 0. The largest absolute Gasteiger partial charge is 0.0625 e. The lowest BCUT2D eigenvalue weighted by Gasteiger charge is -2.29. The van der Waals surface area contributed by atoms with Crippen molar-refractivity contribution in [2.45, 2.75) is 53.4 Å². The highest BCUT2D eigenvalue weighted by Crippen LogP contribution is 2.40. The van der Waals surface area contributed by atoms with Crippen molar-refractivity contribution in [1.82, 2.24) is 0 Å². The third-order valence-corrected chi connectivity index (χ3v) is 3.71. The predicted octanol–water partition coefficient (Wildman–Crippen LogP) is 3.86. The second-order valence-electron chi connectivity index (χ2n) is 5.11. The standard InChI is InChI=1S/C11H22/c1-9-5-6-10(2)11(3,4)8-7-9/h9-10H,5-8H2,1-4H3. The van der Waals surface area contributed by atoms with Crippen molar-refractivity contribution >= 4 is 0 Å². The lowest BCUT2D eigenvalue weighted by molar-refractivity contribution is 0.214. The lowest BCUT2D eigenvalue weighted by atomic mass is 9.76. The van der Waals surface area contributed by atoms with Crippen molar-refractivity contribution in [3.63, 3.8) is 0 Å². The lowest BCUT2D eigenvalue weighted by Crippen LogP contribution is -2.19. The quantitative estimate of drug-likeness (QED) is 0.465. The van der Waals surface area contributed by atoms with Crippen LogP contribution in [0.25, 0.3) is 0 Å². The smallest absolute Gasteiger partial charge is 0.0328 e. The van der Waals surface area contributed by atoms with E-state index in [1.54, 1.807) is 0 Å². The SMILES string of the molecule is CC1CCC(C)C(C)(C)CC1. The van der Waals surface area contributed by atoms with Gasteiger partial charge in [0.05, 0.1) is 0 Å². The van der Waals surface area contributed by atoms with Gasteiger partial charge in [-0.15, -0.1) is 0 Å². The van der Waals surface area contributed by atoms with Crippen LogP contribution in [-0.4, -0.2) is 0 Å². The van der Waals surface area contributed by atoms with Crippen LogP contribution in [0.15, 0.2) is 0 Å². The molecule has 0 bridgehead atoms. The minimum atomic E-state index is 0.602. The predicted molar refractivity (Wildman–Crippen MR) is 50.6 cm³/mol. The van der Waals surface area contributed by atoms with Crippen LogP contribution in [0, 0.1) is 17.3 Å². The molecule has 0 N–H and O–H groups in total. The van der Waals surface area contributed by atoms with E-state index in [1.807, 2.05) is 0 Å². The Balaban J connectivity index is 2.56. The summed E-state index contributed by atoms with van der Waals surface area (Å²) in [5, 5.41) is 0. The maximum Gasteiger partial charge on any atom is -0.0328 e. The molecule has 1 rings (SSSR count). The third-order valence-electron chi connectivity index (χ3n) is 3.71. The van der Waals surface area contributed by atoms with Crippen LogP contribution in [-0.2, 0) is 0 Å². The van der Waals surface area contributed by atoms with Gasteiger partial charge in [-0.2, -0.15) is 0 Å². The van der Waals surface area contributed by atoms with E-state index in [1.165, 1.54) is 25.7 Å². The Kier molecular flexibility index (Phi) is 2.61. The van der Waals surface area contributed by atoms with Crippen LogP contribution < -0.4 is 0 Å². The van der Waals surface area contributed by atoms with E-state index in [0.717, 1.165) is 11.8 Å². The Morgan fingerprint density at radius 2 is 1.64 bits per heavy atom. The van der Waals surface area contributed by atoms with E-state index in [-0.39, 0.29) is 0 Å². The normalized spacial score (nSPS) is 38.2. The Hall–Kier alpha value is 0. The van der Waals surface area contributed by atoms with Crippen LogP contribution in [0.1, 0.15) is 53.4 Å². The van der Waals surface area contributed by atoms with E-state index in [9.17, 15) is 0 Å². The highest BCUT2D eigenvalue weighted by atomic mass is 14.3. The van der Waals surface area contributed by atoms with Crippen molar-refractivity contribution in [2.24, 2.45) is 17.3 Å². The first-order chi connectivity index (χ1) is 5.02. The molecule has 66 valence electrons. The van der Waals surface area contributed by atoms with Crippen molar-refractivity contribution in [3.8, 4) is 0 Å².